The van der Waals surface area contributed by atoms with Gasteiger partial charge in [-0.05, 0) is 36.8 Å². The molecule has 0 bridgehead atoms. The van der Waals surface area contributed by atoms with Crippen LogP contribution < -0.4 is 10.3 Å². The fraction of sp³-hybridized carbons (Fsp3) is 0.286. The Morgan fingerprint density at radius 1 is 1.37 bits per heavy atom. The maximum Gasteiger partial charge on any atom is 0.272 e. The van der Waals surface area contributed by atoms with Gasteiger partial charge in [-0.3, -0.25) is 4.79 Å². The van der Waals surface area contributed by atoms with Crippen molar-refractivity contribution in [2.75, 3.05) is 7.11 Å². The Kier molecular flexibility index (Phi) is 3.66. The van der Waals surface area contributed by atoms with Crippen LogP contribution in [0.15, 0.2) is 29.1 Å². The molecule has 0 aliphatic rings. The van der Waals surface area contributed by atoms with Gasteiger partial charge in [0, 0.05) is 18.2 Å². The average molecular weight is 260 g/mol. The molecule has 5 nitrogen and oxygen atoms in total. The van der Waals surface area contributed by atoms with E-state index in [1.165, 1.54) is 4.68 Å². The van der Waals surface area contributed by atoms with Gasteiger partial charge in [0.2, 0.25) is 0 Å². The first-order valence-electron chi connectivity index (χ1n) is 5.90. The number of methoxy groups -OCH3 is 1. The summed E-state index contributed by atoms with van der Waals surface area (Å²) in [6.45, 7) is 1.65. The van der Waals surface area contributed by atoms with Crippen molar-refractivity contribution in [3.8, 4) is 17.0 Å². The van der Waals surface area contributed by atoms with Gasteiger partial charge in [-0.25, -0.2) is 4.68 Å². The van der Waals surface area contributed by atoms with Gasteiger partial charge in [-0.15, -0.1) is 0 Å². The molecular formula is C14H16N2O3. The van der Waals surface area contributed by atoms with Gasteiger partial charge < -0.3 is 9.84 Å². The SMILES string of the molecule is COc1ccc(-c2cc(CO)c(=O)n(C)n2)cc1C. The van der Waals surface area contributed by atoms with Gasteiger partial charge in [0.15, 0.2) is 0 Å². The largest absolute Gasteiger partial charge is 0.496 e. The smallest absolute Gasteiger partial charge is 0.272 e. The van der Waals surface area contributed by atoms with E-state index in [0.29, 0.717) is 11.3 Å². The van der Waals surface area contributed by atoms with Crippen molar-refractivity contribution in [1.29, 1.82) is 0 Å². The molecule has 1 aromatic carbocycles. The Labute approximate surface area is 111 Å². The second-order valence-corrected chi connectivity index (χ2v) is 4.33. The van der Waals surface area contributed by atoms with Crippen molar-refractivity contribution in [3.63, 3.8) is 0 Å². The van der Waals surface area contributed by atoms with Crippen LogP contribution in [0.3, 0.4) is 0 Å². The van der Waals surface area contributed by atoms with Crippen molar-refractivity contribution >= 4 is 0 Å². The summed E-state index contributed by atoms with van der Waals surface area (Å²) in [6.07, 6.45) is 0. The summed E-state index contributed by atoms with van der Waals surface area (Å²) in [5, 5.41) is 13.4. The van der Waals surface area contributed by atoms with Crippen LogP contribution in [0.5, 0.6) is 5.75 Å². The van der Waals surface area contributed by atoms with Gasteiger partial charge in [0.1, 0.15) is 5.75 Å². The topological polar surface area (TPSA) is 64.3 Å². The quantitative estimate of drug-likeness (QED) is 0.902. The number of nitrogens with zero attached hydrogens (tertiary/aromatic N) is 2. The maximum atomic E-state index is 11.7. The molecule has 0 radical (unpaired) electrons. The molecule has 0 fully saturated rings. The van der Waals surface area contributed by atoms with Crippen molar-refractivity contribution in [1.82, 2.24) is 9.78 Å². The number of aliphatic hydroxyl groups excluding tert-OH is 1. The zero-order valence-electron chi connectivity index (χ0n) is 11.2. The van der Waals surface area contributed by atoms with Gasteiger partial charge >= 0.3 is 0 Å². The Morgan fingerprint density at radius 3 is 2.68 bits per heavy atom. The molecule has 2 rings (SSSR count). The fourth-order valence-electron chi connectivity index (χ4n) is 1.96. The minimum absolute atomic E-state index is 0.281. The molecule has 0 saturated carbocycles. The lowest BCUT2D eigenvalue weighted by atomic mass is 10.1. The van der Waals surface area contributed by atoms with E-state index < -0.39 is 0 Å². The summed E-state index contributed by atoms with van der Waals surface area (Å²) in [5.41, 5.74) is 2.57. The van der Waals surface area contributed by atoms with E-state index >= 15 is 0 Å². The fourth-order valence-corrected chi connectivity index (χ4v) is 1.96. The normalized spacial score (nSPS) is 10.5. The average Bonchev–Trinajstić information content (AvgIpc) is 2.41. The van der Waals surface area contributed by atoms with Crippen LogP contribution >= 0.6 is 0 Å². The van der Waals surface area contributed by atoms with E-state index in [0.717, 1.165) is 16.9 Å². The second kappa shape index (κ2) is 5.24. The third-order valence-corrected chi connectivity index (χ3v) is 3.00. The first-order chi connectivity index (χ1) is 9.06. The molecule has 1 N–H and O–H groups in total. The van der Waals surface area contributed by atoms with E-state index in [1.807, 2.05) is 25.1 Å². The summed E-state index contributed by atoms with van der Waals surface area (Å²) < 4.78 is 6.44. The van der Waals surface area contributed by atoms with Gasteiger partial charge in [-0.1, -0.05) is 0 Å². The van der Waals surface area contributed by atoms with Crippen molar-refractivity contribution < 1.29 is 9.84 Å². The molecule has 100 valence electrons. The summed E-state index contributed by atoms with van der Waals surface area (Å²) >= 11 is 0. The monoisotopic (exact) mass is 260 g/mol. The van der Waals surface area contributed by atoms with Crippen LogP contribution in [0, 0.1) is 6.92 Å². The highest BCUT2D eigenvalue weighted by atomic mass is 16.5. The number of rotatable bonds is 3. The molecule has 0 amide bonds. The first kappa shape index (κ1) is 13.3. The number of hydrogen-bond donors (Lipinski definition) is 1. The van der Waals surface area contributed by atoms with Crippen LogP contribution in [0.1, 0.15) is 11.1 Å². The van der Waals surface area contributed by atoms with Crippen LogP contribution in [0.25, 0.3) is 11.3 Å². The molecule has 0 aliphatic carbocycles. The molecule has 1 heterocycles. The summed E-state index contributed by atoms with van der Waals surface area (Å²) in [7, 11) is 3.19. The number of ether oxygens (including phenoxy) is 1. The molecule has 5 heteroatoms. The lowest BCUT2D eigenvalue weighted by Gasteiger charge is -2.09. The predicted molar refractivity (Wildman–Crippen MR) is 72.1 cm³/mol. The molecule has 0 aliphatic heterocycles. The van der Waals surface area contributed by atoms with E-state index in [9.17, 15) is 9.90 Å². The second-order valence-electron chi connectivity index (χ2n) is 4.33. The summed E-state index contributed by atoms with van der Waals surface area (Å²) in [5.74, 6) is 0.802. The summed E-state index contributed by atoms with van der Waals surface area (Å²) in [4.78, 5) is 11.7. The third kappa shape index (κ3) is 2.51. The zero-order chi connectivity index (χ0) is 14.0. The van der Waals surface area contributed by atoms with Crippen LogP contribution in [-0.2, 0) is 13.7 Å². The first-order valence-corrected chi connectivity index (χ1v) is 5.90. The number of benzene rings is 1. The highest BCUT2D eigenvalue weighted by Gasteiger charge is 2.08. The number of aromatic nitrogens is 2. The molecule has 2 aromatic rings. The molecule has 0 saturated heterocycles. The van der Waals surface area contributed by atoms with Crippen LogP contribution in [0.2, 0.25) is 0 Å². The molecule has 1 aromatic heterocycles. The molecule has 0 unspecified atom stereocenters. The number of aryl methyl sites for hydroxylation is 2. The Balaban J connectivity index is 2.56. The zero-order valence-corrected chi connectivity index (χ0v) is 11.2. The van der Waals surface area contributed by atoms with Crippen LogP contribution in [0.4, 0.5) is 0 Å². The lowest BCUT2D eigenvalue weighted by molar-refractivity contribution is 0.279. The van der Waals surface area contributed by atoms with E-state index in [1.54, 1.807) is 20.2 Å². The van der Waals surface area contributed by atoms with Crippen molar-refractivity contribution in [2.45, 2.75) is 13.5 Å². The van der Waals surface area contributed by atoms with Crippen LogP contribution in [-0.4, -0.2) is 22.0 Å². The highest BCUT2D eigenvalue weighted by Crippen LogP contribution is 2.24. The Morgan fingerprint density at radius 2 is 2.11 bits per heavy atom. The maximum absolute atomic E-state index is 11.7. The van der Waals surface area contributed by atoms with Gasteiger partial charge in [-0.2, -0.15) is 5.10 Å². The minimum atomic E-state index is -0.294. The summed E-state index contributed by atoms with van der Waals surface area (Å²) in [6, 6.07) is 7.28. The Hall–Kier alpha value is -2.14. The lowest BCUT2D eigenvalue weighted by Crippen LogP contribution is -2.23. The van der Waals surface area contributed by atoms with Gasteiger partial charge in [0.05, 0.1) is 19.4 Å². The van der Waals surface area contributed by atoms with Crippen molar-refractivity contribution in [2.24, 2.45) is 7.05 Å². The number of aliphatic hydroxyl groups is 1. The van der Waals surface area contributed by atoms with E-state index in [2.05, 4.69) is 5.10 Å². The Bertz CT molecular complexity index is 662. The molecule has 19 heavy (non-hydrogen) atoms. The highest BCUT2D eigenvalue weighted by molar-refractivity contribution is 5.62. The van der Waals surface area contributed by atoms with Gasteiger partial charge in [0.25, 0.3) is 5.56 Å². The number of hydrogen-bond acceptors (Lipinski definition) is 4. The van der Waals surface area contributed by atoms with E-state index in [-0.39, 0.29) is 12.2 Å². The molecular weight excluding hydrogens is 244 g/mol. The van der Waals surface area contributed by atoms with Crippen molar-refractivity contribution in [3.05, 3.63) is 45.7 Å². The third-order valence-electron chi connectivity index (χ3n) is 3.00. The predicted octanol–water partition coefficient (Wildman–Crippen LogP) is 1.26. The standard InChI is InChI=1S/C14H16N2O3/c1-9-6-10(4-5-13(9)19-3)12-7-11(8-17)14(18)16(2)15-12/h4-7,17H,8H2,1-3H3. The molecule has 0 spiro atoms. The minimum Gasteiger partial charge on any atom is -0.496 e. The molecule has 0 atom stereocenters. The van der Waals surface area contributed by atoms with E-state index in [4.69, 9.17) is 4.74 Å².